The number of fused-ring (bicyclic) bond motifs is 1. The van der Waals surface area contributed by atoms with Gasteiger partial charge in [0, 0.05) is 37.9 Å². The Labute approximate surface area is 225 Å². The third-order valence-corrected chi connectivity index (χ3v) is 6.97. The van der Waals surface area contributed by atoms with Crippen LogP contribution in [0, 0.1) is 19.8 Å². The Morgan fingerprint density at radius 2 is 1.79 bits per heavy atom. The van der Waals surface area contributed by atoms with Crippen LogP contribution in [0.25, 0.3) is 11.5 Å². The molecule has 2 amide bonds. The number of likely N-dealkylation sites (N-methyl/N-ethyl adjacent to an activating group) is 1. The summed E-state index contributed by atoms with van der Waals surface area (Å²) in [5, 5.41) is 6.75. The number of anilines is 1. The average molecular weight is 518 g/mol. The molecule has 4 rings (SSSR count). The fraction of sp³-hybridized carbons (Fsp3) is 0.433. The molecule has 0 saturated carbocycles. The molecule has 0 saturated heterocycles. The highest BCUT2D eigenvalue weighted by Gasteiger charge is 2.27. The fourth-order valence-corrected chi connectivity index (χ4v) is 4.72. The first kappa shape index (κ1) is 27.4. The zero-order valence-electron chi connectivity index (χ0n) is 23.2. The van der Waals surface area contributed by atoms with Crippen molar-refractivity contribution in [2.24, 2.45) is 5.92 Å². The zero-order valence-corrected chi connectivity index (χ0v) is 23.2. The van der Waals surface area contributed by atoms with Gasteiger partial charge in [-0.25, -0.2) is 9.99 Å². The Morgan fingerprint density at radius 3 is 2.42 bits per heavy atom. The number of carbonyl (C=O) groups excluding carboxylic acids is 2. The molecular weight excluding hydrogens is 478 g/mol. The first-order valence-electron chi connectivity index (χ1n) is 13.3. The standard InChI is InChI=1S/C30H39N5O3/c1-21(2)9-8-14-31-28(36)19-34(27-15-24(13-12-22(27)3)30-32-16-23(4)38-30)20-29(37)33(5)35-17-25-10-6-7-11-26(25)18-35/h6-7,10-13,15-16,21H,8-9,14,17-20H2,1-5H3,(H,31,36). The molecule has 1 aliphatic rings. The van der Waals surface area contributed by atoms with Crippen molar-refractivity contribution in [2.75, 3.05) is 31.6 Å². The van der Waals surface area contributed by atoms with Crippen molar-refractivity contribution in [3.63, 3.8) is 0 Å². The van der Waals surface area contributed by atoms with E-state index in [4.69, 9.17) is 4.42 Å². The summed E-state index contributed by atoms with van der Waals surface area (Å²) in [6, 6.07) is 14.1. The number of carbonyl (C=O) groups is 2. The van der Waals surface area contributed by atoms with Gasteiger partial charge in [-0.3, -0.25) is 14.6 Å². The second kappa shape index (κ2) is 12.3. The van der Waals surface area contributed by atoms with Crippen LogP contribution in [0.1, 0.15) is 49.1 Å². The normalized spacial score (nSPS) is 13.0. The van der Waals surface area contributed by atoms with Crippen LogP contribution < -0.4 is 10.2 Å². The summed E-state index contributed by atoms with van der Waals surface area (Å²) in [6.45, 7) is 10.3. The molecule has 8 heteroatoms. The van der Waals surface area contributed by atoms with E-state index >= 15 is 0 Å². The molecule has 3 aromatic rings. The highest BCUT2D eigenvalue weighted by molar-refractivity contribution is 5.87. The number of hydrogen-bond acceptors (Lipinski definition) is 6. The van der Waals surface area contributed by atoms with Gasteiger partial charge in [-0.1, -0.05) is 44.2 Å². The molecule has 1 N–H and O–H groups in total. The SMILES string of the molecule is Cc1cnc(-c2ccc(C)c(N(CC(=O)NCCCC(C)C)CC(=O)N(C)N3Cc4ccccc4C3)c2)o1. The summed E-state index contributed by atoms with van der Waals surface area (Å²) >= 11 is 0. The zero-order chi connectivity index (χ0) is 27.2. The molecule has 0 bridgehead atoms. The minimum absolute atomic E-state index is 0.0671. The van der Waals surface area contributed by atoms with Gasteiger partial charge in [-0.2, -0.15) is 0 Å². The molecule has 0 atom stereocenters. The Balaban J connectivity index is 1.52. The van der Waals surface area contributed by atoms with E-state index < -0.39 is 0 Å². The van der Waals surface area contributed by atoms with Gasteiger partial charge in [-0.05, 0) is 61.4 Å². The van der Waals surface area contributed by atoms with Gasteiger partial charge in [0.1, 0.15) is 5.76 Å². The van der Waals surface area contributed by atoms with Crippen LogP contribution in [-0.2, 0) is 22.7 Å². The number of oxazole rings is 1. The van der Waals surface area contributed by atoms with Gasteiger partial charge < -0.3 is 14.6 Å². The molecule has 0 radical (unpaired) electrons. The first-order valence-corrected chi connectivity index (χ1v) is 13.3. The molecule has 1 aliphatic heterocycles. The van der Waals surface area contributed by atoms with E-state index in [1.54, 1.807) is 18.3 Å². The summed E-state index contributed by atoms with van der Waals surface area (Å²) in [4.78, 5) is 32.7. The largest absolute Gasteiger partial charge is 0.441 e. The summed E-state index contributed by atoms with van der Waals surface area (Å²) in [5.41, 5.74) is 5.04. The molecular formula is C30H39N5O3. The maximum atomic E-state index is 13.5. The minimum atomic E-state index is -0.102. The van der Waals surface area contributed by atoms with E-state index in [2.05, 4.69) is 36.3 Å². The van der Waals surface area contributed by atoms with Gasteiger partial charge in [-0.15, -0.1) is 0 Å². The van der Waals surface area contributed by atoms with Crippen molar-refractivity contribution >= 4 is 17.5 Å². The fourth-order valence-electron chi connectivity index (χ4n) is 4.72. The highest BCUT2D eigenvalue weighted by atomic mass is 16.4. The number of nitrogens with one attached hydrogen (secondary N) is 1. The minimum Gasteiger partial charge on any atom is -0.441 e. The van der Waals surface area contributed by atoms with E-state index in [0.717, 1.165) is 35.4 Å². The lowest BCUT2D eigenvalue weighted by molar-refractivity contribution is -0.145. The maximum Gasteiger partial charge on any atom is 0.256 e. The topological polar surface area (TPSA) is 81.9 Å². The highest BCUT2D eigenvalue weighted by Crippen LogP contribution is 2.29. The Morgan fingerprint density at radius 1 is 1.08 bits per heavy atom. The predicted octanol–water partition coefficient (Wildman–Crippen LogP) is 4.71. The molecule has 0 fully saturated rings. The quantitative estimate of drug-likeness (QED) is 0.371. The molecule has 1 aromatic heterocycles. The lowest BCUT2D eigenvalue weighted by atomic mass is 10.1. The van der Waals surface area contributed by atoms with Gasteiger partial charge in [0.25, 0.3) is 5.91 Å². The third kappa shape index (κ3) is 6.81. The average Bonchev–Trinajstić information content (AvgIpc) is 3.52. The Hall–Kier alpha value is -3.65. The smallest absolute Gasteiger partial charge is 0.256 e. The number of nitrogens with zero attached hydrogens (tertiary/aromatic N) is 4. The number of hydrogen-bond donors (Lipinski definition) is 1. The third-order valence-electron chi connectivity index (χ3n) is 6.97. The lowest BCUT2D eigenvalue weighted by Gasteiger charge is -2.32. The summed E-state index contributed by atoms with van der Waals surface area (Å²) < 4.78 is 5.74. The van der Waals surface area contributed by atoms with Crippen molar-refractivity contribution in [3.05, 3.63) is 71.1 Å². The molecule has 202 valence electrons. The maximum absolute atomic E-state index is 13.5. The molecule has 8 nitrogen and oxygen atoms in total. The van der Waals surface area contributed by atoms with Crippen LogP contribution in [0.3, 0.4) is 0 Å². The lowest BCUT2D eigenvalue weighted by Crippen LogP contribution is -2.48. The van der Waals surface area contributed by atoms with E-state index in [9.17, 15) is 9.59 Å². The molecule has 2 heterocycles. The van der Waals surface area contributed by atoms with Crippen LogP contribution in [0.2, 0.25) is 0 Å². The van der Waals surface area contributed by atoms with Crippen molar-refractivity contribution < 1.29 is 14.0 Å². The van der Waals surface area contributed by atoms with Crippen LogP contribution in [0.15, 0.2) is 53.1 Å². The van der Waals surface area contributed by atoms with E-state index in [0.29, 0.717) is 31.4 Å². The second-order valence-corrected chi connectivity index (χ2v) is 10.5. The number of hydrazine groups is 1. The van der Waals surface area contributed by atoms with E-state index in [1.807, 2.05) is 54.1 Å². The molecule has 38 heavy (non-hydrogen) atoms. The summed E-state index contributed by atoms with van der Waals surface area (Å²) in [5.74, 6) is 1.65. The van der Waals surface area contributed by atoms with Crippen molar-refractivity contribution in [2.45, 2.75) is 53.6 Å². The number of amides is 2. The Kier molecular flexibility index (Phi) is 8.84. The molecule has 0 aliphatic carbocycles. The first-order chi connectivity index (χ1) is 18.2. The molecule has 2 aromatic carbocycles. The van der Waals surface area contributed by atoms with E-state index in [-0.39, 0.29) is 24.9 Å². The summed E-state index contributed by atoms with van der Waals surface area (Å²) in [6.07, 6.45) is 3.67. The molecule has 0 unspecified atom stereocenters. The second-order valence-electron chi connectivity index (χ2n) is 10.5. The predicted molar refractivity (Wildman–Crippen MR) is 149 cm³/mol. The van der Waals surface area contributed by atoms with Gasteiger partial charge in [0.2, 0.25) is 11.8 Å². The Bertz CT molecular complexity index is 1240. The van der Waals surface area contributed by atoms with Crippen LogP contribution >= 0.6 is 0 Å². The van der Waals surface area contributed by atoms with Gasteiger partial charge >= 0.3 is 0 Å². The van der Waals surface area contributed by atoms with Gasteiger partial charge in [0.15, 0.2) is 0 Å². The van der Waals surface area contributed by atoms with Crippen molar-refractivity contribution in [1.29, 1.82) is 0 Å². The van der Waals surface area contributed by atoms with Crippen LogP contribution in [0.4, 0.5) is 5.69 Å². The van der Waals surface area contributed by atoms with Gasteiger partial charge in [0.05, 0.1) is 19.3 Å². The number of aryl methyl sites for hydroxylation is 2. The number of benzene rings is 2. The summed E-state index contributed by atoms with van der Waals surface area (Å²) in [7, 11) is 1.80. The van der Waals surface area contributed by atoms with Crippen LogP contribution in [0.5, 0.6) is 0 Å². The number of rotatable bonds is 11. The van der Waals surface area contributed by atoms with Crippen molar-refractivity contribution in [1.82, 2.24) is 20.3 Å². The monoisotopic (exact) mass is 517 g/mol. The van der Waals surface area contributed by atoms with E-state index in [1.165, 1.54) is 11.1 Å². The van der Waals surface area contributed by atoms with Crippen molar-refractivity contribution in [3.8, 4) is 11.5 Å². The van der Waals surface area contributed by atoms with Crippen LogP contribution in [-0.4, -0.2) is 53.5 Å². The molecule has 0 spiro atoms. The number of aromatic nitrogens is 1.